The maximum atomic E-state index is 14.0. The highest BCUT2D eigenvalue weighted by molar-refractivity contribution is 6.31. The Bertz CT molecular complexity index is 1680. The number of fused-ring (bicyclic) bond motifs is 2. The number of hydrogen-bond donors (Lipinski definition) is 0. The average molecular weight is 590 g/mol. The zero-order chi connectivity index (χ0) is 29.8. The number of carbonyl (C=O) groups is 2. The smallest absolute Gasteiger partial charge is 0.338 e. The number of unbranched alkanes of at least 4 members (excludes halogenated alkanes) is 2. The molecule has 0 aliphatic carbocycles. The fraction of sp³-hybridized carbons (Fsp3) is 0.303. The zero-order valence-corrected chi connectivity index (χ0v) is 24.5. The fourth-order valence-corrected chi connectivity index (χ4v) is 5.15. The summed E-state index contributed by atoms with van der Waals surface area (Å²) in [5.41, 5.74) is 1.57. The van der Waals surface area contributed by atoms with Gasteiger partial charge in [-0.1, -0.05) is 44.4 Å². The number of ether oxygens (including phenoxy) is 3. The molecule has 42 heavy (non-hydrogen) atoms. The topological polar surface area (TPSA) is 95.3 Å². The van der Waals surface area contributed by atoms with Gasteiger partial charge in [0.1, 0.15) is 5.58 Å². The summed E-state index contributed by atoms with van der Waals surface area (Å²) >= 11 is 6.21. The summed E-state index contributed by atoms with van der Waals surface area (Å²) in [4.78, 5) is 41.9. The van der Waals surface area contributed by atoms with Crippen molar-refractivity contribution in [1.82, 2.24) is 0 Å². The number of rotatable bonds is 11. The molecule has 1 aliphatic heterocycles. The monoisotopic (exact) mass is 589 g/mol. The lowest BCUT2D eigenvalue weighted by Gasteiger charge is -2.26. The van der Waals surface area contributed by atoms with Crippen molar-refractivity contribution in [3.05, 3.63) is 98.4 Å². The number of hydrogen-bond acceptors (Lipinski definition) is 7. The van der Waals surface area contributed by atoms with Crippen LogP contribution in [-0.4, -0.2) is 32.2 Å². The summed E-state index contributed by atoms with van der Waals surface area (Å²) in [5, 5.41) is 0.654. The molecule has 1 aromatic heterocycles. The summed E-state index contributed by atoms with van der Waals surface area (Å²) in [6.45, 7) is 4.97. The predicted molar refractivity (Wildman–Crippen MR) is 161 cm³/mol. The SMILES string of the molecule is CCCCOC(=O)c1ccc(N2C(=O)c3oc4ccc(Cl)cc4c(=O)c3C2c2ccc(OCCCC)c(OC)c2)cc1. The van der Waals surface area contributed by atoms with Gasteiger partial charge in [-0.05, 0) is 73.0 Å². The largest absolute Gasteiger partial charge is 0.493 e. The first-order chi connectivity index (χ1) is 20.4. The molecule has 0 N–H and O–H groups in total. The first kappa shape index (κ1) is 29.2. The molecule has 2 heterocycles. The van der Waals surface area contributed by atoms with Crippen molar-refractivity contribution < 1.29 is 28.2 Å². The van der Waals surface area contributed by atoms with Gasteiger partial charge in [-0.2, -0.15) is 0 Å². The van der Waals surface area contributed by atoms with Crippen LogP contribution in [0.25, 0.3) is 11.0 Å². The maximum absolute atomic E-state index is 14.0. The molecule has 1 aliphatic rings. The summed E-state index contributed by atoms with van der Waals surface area (Å²) in [6, 6.07) is 15.8. The second kappa shape index (κ2) is 12.7. The molecule has 0 saturated carbocycles. The molecule has 4 aromatic rings. The molecule has 0 bridgehead atoms. The van der Waals surface area contributed by atoms with Gasteiger partial charge in [0.15, 0.2) is 16.9 Å². The lowest BCUT2D eigenvalue weighted by Crippen LogP contribution is -2.29. The molecule has 8 nitrogen and oxygen atoms in total. The van der Waals surface area contributed by atoms with E-state index in [1.54, 1.807) is 55.6 Å². The molecule has 1 unspecified atom stereocenters. The molecule has 5 rings (SSSR count). The van der Waals surface area contributed by atoms with E-state index >= 15 is 0 Å². The van der Waals surface area contributed by atoms with Crippen molar-refractivity contribution in [3.63, 3.8) is 0 Å². The van der Waals surface area contributed by atoms with E-state index in [9.17, 15) is 14.4 Å². The number of benzene rings is 3. The Kier molecular flexibility index (Phi) is 8.83. The van der Waals surface area contributed by atoms with Gasteiger partial charge in [-0.15, -0.1) is 0 Å². The van der Waals surface area contributed by atoms with E-state index in [2.05, 4.69) is 6.92 Å². The van der Waals surface area contributed by atoms with E-state index in [1.807, 2.05) is 13.0 Å². The first-order valence-electron chi connectivity index (χ1n) is 14.1. The van der Waals surface area contributed by atoms with Crippen molar-refractivity contribution in [2.45, 2.75) is 45.6 Å². The van der Waals surface area contributed by atoms with Gasteiger partial charge < -0.3 is 18.6 Å². The minimum absolute atomic E-state index is 0.0508. The number of esters is 1. The van der Waals surface area contributed by atoms with E-state index in [4.69, 9.17) is 30.2 Å². The second-order valence-corrected chi connectivity index (χ2v) is 10.5. The number of anilines is 1. The summed E-state index contributed by atoms with van der Waals surface area (Å²) in [5.74, 6) is 0.0671. The number of methoxy groups -OCH3 is 1. The van der Waals surface area contributed by atoms with E-state index in [0.29, 0.717) is 46.5 Å². The number of amides is 1. The van der Waals surface area contributed by atoms with Crippen molar-refractivity contribution in [3.8, 4) is 11.5 Å². The molecule has 1 atom stereocenters. The lowest BCUT2D eigenvalue weighted by atomic mass is 9.97. The first-order valence-corrected chi connectivity index (χ1v) is 14.4. The molecule has 1 amide bonds. The molecule has 0 fully saturated rings. The Morgan fingerprint density at radius 3 is 2.38 bits per heavy atom. The minimum Gasteiger partial charge on any atom is -0.493 e. The van der Waals surface area contributed by atoms with Crippen molar-refractivity contribution >= 4 is 40.1 Å². The fourth-order valence-electron chi connectivity index (χ4n) is 4.98. The van der Waals surface area contributed by atoms with Gasteiger partial charge in [0, 0.05) is 10.7 Å². The lowest BCUT2D eigenvalue weighted by molar-refractivity contribution is 0.0499. The van der Waals surface area contributed by atoms with E-state index in [-0.39, 0.29) is 27.7 Å². The summed E-state index contributed by atoms with van der Waals surface area (Å²) in [6.07, 6.45) is 3.57. The maximum Gasteiger partial charge on any atom is 0.338 e. The van der Waals surface area contributed by atoms with Gasteiger partial charge in [-0.3, -0.25) is 14.5 Å². The average Bonchev–Trinajstić information content (AvgIpc) is 3.30. The van der Waals surface area contributed by atoms with Gasteiger partial charge in [0.05, 0.1) is 42.9 Å². The number of carbonyl (C=O) groups excluding carboxylic acids is 2. The van der Waals surface area contributed by atoms with Crippen LogP contribution in [0.2, 0.25) is 5.02 Å². The van der Waals surface area contributed by atoms with Crippen LogP contribution < -0.4 is 19.8 Å². The second-order valence-electron chi connectivity index (χ2n) is 10.0. The Balaban J connectivity index is 1.61. The molecule has 0 saturated heterocycles. The third-order valence-electron chi connectivity index (χ3n) is 7.20. The highest BCUT2D eigenvalue weighted by Crippen LogP contribution is 2.43. The Morgan fingerprint density at radius 1 is 0.929 bits per heavy atom. The Labute approximate surface area is 248 Å². The van der Waals surface area contributed by atoms with Crippen LogP contribution in [0.4, 0.5) is 5.69 Å². The highest BCUT2D eigenvalue weighted by Gasteiger charge is 2.44. The van der Waals surface area contributed by atoms with Gasteiger partial charge in [0.2, 0.25) is 5.76 Å². The number of halogens is 1. The van der Waals surface area contributed by atoms with E-state index < -0.39 is 17.9 Å². The third kappa shape index (κ3) is 5.59. The van der Waals surface area contributed by atoms with E-state index in [1.165, 1.54) is 11.0 Å². The zero-order valence-electron chi connectivity index (χ0n) is 23.8. The standard InChI is InChI=1S/C33H32ClNO7/c1-4-6-16-40-26-14-10-21(18-27(26)39-3)29-28-30(36)24-19-22(34)11-15-25(24)42-31(28)32(37)35(29)23-12-8-20(9-13-23)33(38)41-17-7-5-2/h8-15,18-19,29H,4-7,16-17H2,1-3H3. The van der Waals surface area contributed by atoms with Crippen LogP contribution >= 0.6 is 11.6 Å². The summed E-state index contributed by atoms with van der Waals surface area (Å²) in [7, 11) is 1.54. The number of nitrogens with zero attached hydrogens (tertiary/aromatic N) is 1. The van der Waals surface area contributed by atoms with Crippen LogP contribution in [0, 0.1) is 0 Å². The Hall–Kier alpha value is -4.30. The molecular formula is C33H32ClNO7. The van der Waals surface area contributed by atoms with Crippen molar-refractivity contribution in [1.29, 1.82) is 0 Å². The molecule has 218 valence electrons. The Morgan fingerprint density at radius 2 is 1.67 bits per heavy atom. The summed E-state index contributed by atoms with van der Waals surface area (Å²) < 4.78 is 22.9. The normalized spacial score (nSPS) is 14.2. The van der Waals surface area contributed by atoms with Gasteiger partial charge in [0.25, 0.3) is 5.91 Å². The predicted octanol–water partition coefficient (Wildman–Crippen LogP) is 7.34. The van der Waals surface area contributed by atoms with Crippen LogP contribution in [0.3, 0.4) is 0 Å². The van der Waals surface area contributed by atoms with Crippen molar-refractivity contribution in [2.24, 2.45) is 0 Å². The van der Waals surface area contributed by atoms with Gasteiger partial charge >= 0.3 is 5.97 Å². The van der Waals surface area contributed by atoms with Crippen LogP contribution in [-0.2, 0) is 4.74 Å². The molecule has 0 radical (unpaired) electrons. The highest BCUT2D eigenvalue weighted by atomic mass is 35.5. The minimum atomic E-state index is -0.840. The molecule has 9 heteroatoms. The molecule has 0 spiro atoms. The molecular weight excluding hydrogens is 558 g/mol. The van der Waals surface area contributed by atoms with Crippen LogP contribution in [0.5, 0.6) is 11.5 Å². The van der Waals surface area contributed by atoms with Crippen molar-refractivity contribution in [2.75, 3.05) is 25.2 Å². The third-order valence-corrected chi connectivity index (χ3v) is 7.44. The quantitative estimate of drug-likeness (QED) is 0.133. The van der Waals surface area contributed by atoms with E-state index in [0.717, 1.165) is 25.7 Å². The van der Waals surface area contributed by atoms with Crippen LogP contribution in [0.15, 0.2) is 69.9 Å². The van der Waals surface area contributed by atoms with Gasteiger partial charge in [-0.25, -0.2) is 4.79 Å². The molecule has 3 aromatic carbocycles. The van der Waals surface area contributed by atoms with Crippen LogP contribution in [0.1, 0.15) is 77.6 Å².